The average molecular weight is 277 g/mol. The summed E-state index contributed by atoms with van der Waals surface area (Å²) in [6, 6.07) is 3.69. The van der Waals surface area contributed by atoms with Gasteiger partial charge in [-0.05, 0) is 32.9 Å². The number of anilines is 2. The second-order valence-corrected chi connectivity index (χ2v) is 4.96. The summed E-state index contributed by atoms with van der Waals surface area (Å²) in [4.78, 5) is 16.3. The zero-order valence-corrected chi connectivity index (χ0v) is 11.8. The fourth-order valence-corrected chi connectivity index (χ4v) is 2.24. The van der Waals surface area contributed by atoms with Gasteiger partial charge >= 0.3 is 0 Å². The van der Waals surface area contributed by atoms with E-state index in [9.17, 15) is 4.79 Å². The third-order valence-electron chi connectivity index (χ3n) is 2.42. The molecular weight excluding hydrogens is 262 g/mol. The number of pyridine rings is 1. The molecular formula is C12H15N5OS. The van der Waals surface area contributed by atoms with Gasteiger partial charge in [0.1, 0.15) is 0 Å². The molecule has 2 rings (SSSR count). The van der Waals surface area contributed by atoms with E-state index in [0.29, 0.717) is 15.8 Å². The van der Waals surface area contributed by atoms with Gasteiger partial charge in [0.05, 0.1) is 11.4 Å². The Hall–Kier alpha value is -2.02. The zero-order chi connectivity index (χ0) is 13.8. The molecule has 0 fully saturated rings. The van der Waals surface area contributed by atoms with Gasteiger partial charge in [-0.2, -0.15) is 0 Å². The molecule has 0 saturated heterocycles. The SMILES string of the molecule is CCNc1nnc(C(=O)Nc2ccc(C)nc2C)s1. The number of nitrogens with one attached hydrogen (secondary N) is 2. The van der Waals surface area contributed by atoms with Crippen LogP contribution in [0.2, 0.25) is 0 Å². The lowest BCUT2D eigenvalue weighted by molar-refractivity contribution is 0.102. The predicted octanol–water partition coefficient (Wildman–Crippen LogP) is 2.23. The maximum absolute atomic E-state index is 12.0. The fourth-order valence-electron chi connectivity index (χ4n) is 1.53. The van der Waals surface area contributed by atoms with Gasteiger partial charge in [0.25, 0.3) is 5.91 Å². The van der Waals surface area contributed by atoms with E-state index in [1.54, 1.807) is 0 Å². The molecule has 2 N–H and O–H groups in total. The first-order chi connectivity index (χ1) is 9.10. The molecule has 19 heavy (non-hydrogen) atoms. The van der Waals surface area contributed by atoms with Crippen LogP contribution in [0.4, 0.5) is 10.8 Å². The third kappa shape index (κ3) is 3.25. The number of amides is 1. The molecule has 0 atom stereocenters. The van der Waals surface area contributed by atoms with E-state index < -0.39 is 0 Å². The quantitative estimate of drug-likeness (QED) is 0.896. The molecule has 7 heteroatoms. The second-order valence-electron chi connectivity index (χ2n) is 3.98. The highest BCUT2D eigenvalue weighted by atomic mass is 32.1. The largest absolute Gasteiger partial charge is 0.360 e. The van der Waals surface area contributed by atoms with Gasteiger partial charge in [0.2, 0.25) is 10.1 Å². The number of aromatic nitrogens is 3. The molecule has 0 saturated carbocycles. The van der Waals surface area contributed by atoms with Crippen LogP contribution in [-0.2, 0) is 0 Å². The van der Waals surface area contributed by atoms with Crippen molar-refractivity contribution < 1.29 is 4.79 Å². The molecule has 1 amide bonds. The maximum atomic E-state index is 12.0. The molecule has 0 spiro atoms. The van der Waals surface area contributed by atoms with Crippen molar-refractivity contribution in [1.29, 1.82) is 0 Å². The molecule has 0 aromatic carbocycles. The van der Waals surface area contributed by atoms with Crippen molar-refractivity contribution in [3.8, 4) is 0 Å². The Labute approximate surface area is 115 Å². The minimum atomic E-state index is -0.268. The van der Waals surface area contributed by atoms with Gasteiger partial charge < -0.3 is 10.6 Å². The molecule has 2 aromatic rings. The lowest BCUT2D eigenvalue weighted by atomic mass is 10.3. The van der Waals surface area contributed by atoms with Crippen molar-refractivity contribution in [3.63, 3.8) is 0 Å². The molecule has 0 aliphatic heterocycles. The molecule has 0 aliphatic carbocycles. The standard InChI is InChI=1S/C12H15N5OS/c1-4-13-12-17-16-11(19-12)10(18)15-9-6-5-7(2)14-8(9)3/h5-6H,4H2,1-3H3,(H,13,17)(H,15,18). The van der Waals surface area contributed by atoms with Gasteiger partial charge in [-0.3, -0.25) is 9.78 Å². The maximum Gasteiger partial charge on any atom is 0.286 e. The van der Waals surface area contributed by atoms with E-state index >= 15 is 0 Å². The first kappa shape index (κ1) is 13.4. The van der Waals surface area contributed by atoms with Crippen molar-refractivity contribution >= 4 is 28.1 Å². The Bertz CT molecular complexity index is 596. The molecule has 100 valence electrons. The van der Waals surface area contributed by atoms with Crippen molar-refractivity contribution in [2.75, 3.05) is 17.2 Å². The van der Waals surface area contributed by atoms with Gasteiger partial charge in [0.15, 0.2) is 0 Å². The van der Waals surface area contributed by atoms with Crippen LogP contribution in [0, 0.1) is 13.8 Å². The lowest BCUT2D eigenvalue weighted by Crippen LogP contribution is -2.13. The number of nitrogens with zero attached hydrogens (tertiary/aromatic N) is 3. The smallest absolute Gasteiger partial charge is 0.286 e. The monoisotopic (exact) mass is 277 g/mol. The molecule has 0 unspecified atom stereocenters. The predicted molar refractivity (Wildman–Crippen MR) is 75.7 cm³/mol. The molecule has 2 aromatic heterocycles. The Kier molecular flexibility index (Phi) is 4.06. The van der Waals surface area contributed by atoms with E-state index in [2.05, 4.69) is 25.8 Å². The van der Waals surface area contributed by atoms with Crippen LogP contribution >= 0.6 is 11.3 Å². The minimum absolute atomic E-state index is 0.268. The molecule has 6 nitrogen and oxygen atoms in total. The summed E-state index contributed by atoms with van der Waals surface area (Å²) < 4.78 is 0. The van der Waals surface area contributed by atoms with E-state index in [1.165, 1.54) is 11.3 Å². The third-order valence-corrected chi connectivity index (χ3v) is 3.30. The van der Waals surface area contributed by atoms with E-state index in [0.717, 1.165) is 17.9 Å². The summed E-state index contributed by atoms with van der Waals surface area (Å²) in [5, 5.41) is 14.5. The molecule has 0 bridgehead atoms. The first-order valence-corrected chi connectivity index (χ1v) is 6.74. The van der Waals surface area contributed by atoms with Gasteiger partial charge in [-0.15, -0.1) is 10.2 Å². The Morgan fingerprint density at radius 1 is 1.32 bits per heavy atom. The number of carbonyl (C=O) groups is 1. The van der Waals surface area contributed by atoms with Crippen LogP contribution in [-0.4, -0.2) is 27.6 Å². The van der Waals surface area contributed by atoms with Gasteiger partial charge in [-0.1, -0.05) is 11.3 Å². The number of rotatable bonds is 4. The Morgan fingerprint density at radius 3 is 2.79 bits per heavy atom. The summed E-state index contributed by atoms with van der Waals surface area (Å²) in [7, 11) is 0. The first-order valence-electron chi connectivity index (χ1n) is 5.93. The zero-order valence-electron chi connectivity index (χ0n) is 11.0. The molecule has 0 radical (unpaired) electrons. The van der Waals surface area contributed by atoms with E-state index in [-0.39, 0.29) is 5.91 Å². The van der Waals surface area contributed by atoms with Crippen LogP contribution < -0.4 is 10.6 Å². The van der Waals surface area contributed by atoms with Crippen LogP contribution in [0.15, 0.2) is 12.1 Å². The highest BCUT2D eigenvalue weighted by molar-refractivity contribution is 7.17. The van der Waals surface area contributed by atoms with Crippen LogP contribution in [0.5, 0.6) is 0 Å². The second kappa shape index (κ2) is 5.75. The van der Waals surface area contributed by atoms with Crippen molar-refractivity contribution in [3.05, 3.63) is 28.5 Å². The Balaban J connectivity index is 2.11. The normalized spacial score (nSPS) is 10.3. The summed E-state index contributed by atoms with van der Waals surface area (Å²) in [5.74, 6) is -0.268. The topological polar surface area (TPSA) is 79.8 Å². The summed E-state index contributed by atoms with van der Waals surface area (Å²) in [5.41, 5.74) is 2.39. The van der Waals surface area contributed by atoms with Crippen LogP contribution in [0.3, 0.4) is 0 Å². The summed E-state index contributed by atoms with van der Waals surface area (Å²) in [6.07, 6.45) is 0. The molecule has 0 aliphatic rings. The van der Waals surface area contributed by atoms with Crippen LogP contribution in [0.1, 0.15) is 28.1 Å². The molecule has 2 heterocycles. The van der Waals surface area contributed by atoms with Crippen molar-refractivity contribution in [2.24, 2.45) is 0 Å². The fraction of sp³-hybridized carbons (Fsp3) is 0.333. The van der Waals surface area contributed by atoms with Crippen molar-refractivity contribution in [2.45, 2.75) is 20.8 Å². The van der Waals surface area contributed by atoms with E-state index in [1.807, 2.05) is 32.9 Å². The lowest BCUT2D eigenvalue weighted by Gasteiger charge is -2.06. The van der Waals surface area contributed by atoms with Gasteiger partial charge in [-0.25, -0.2) is 0 Å². The highest BCUT2D eigenvalue weighted by Gasteiger charge is 2.13. The van der Waals surface area contributed by atoms with Gasteiger partial charge in [0, 0.05) is 12.2 Å². The van der Waals surface area contributed by atoms with E-state index in [4.69, 9.17) is 0 Å². The number of carbonyl (C=O) groups excluding carboxylic acids is 1. The number of aryl methyl sites for hydroxylation is 2. The summed E-state index contributed by atoms with van der Waals surface area (Å²) >= 11 is 1.23. The highest BCUT2D eigenvalue weighted by Crippen LogP contribution is 2.18. The van der Waals surface area contributed by atoms with Crippen molar-refractivity contribution in [1.82, 2.24) is 15.2 Å². The average Bonchev–Trinajstić information content (AvgIpc) is 2.82. The van der Waals surface area contributed by atoms with Crippen LogP contribution in [0.25, 0.3) is 0 Å². The Morgan fingerprint density at radius 2 is 2.11 bits per heavy atom. The minimum Gasteiger partial charge on any atom is -0.360 e. The summed E-state index contributed by atoms with van der Waals surface area (Å²) in [6.45, 7) is 6.47. The number of hydrogen-bond donors (Lipinski definition) is 2. The number of hydrogen-bond acceptors (Lipinski definition) is 6.